The molecule has 2 aliphatic heterocycles. The Labute approximate surface area is 216 Å². The molecule has 2 aromatic heterocycles. The number of carbonyl (C=O) groups is 2. The molecule has 0 spiro atoms. The number of fused-ring (bicyclic) bond motifs is 1. The van der Waals surface area contributed by atoms with E-state index < -0.39 is 12.5 Å². The molecule has 0 unspecified atom stereocenters. The minimum Gasteiger partial charge on any atom is -0.489 e. The SMILES string of the molecule is C[C@H](NC(=O)c1cc(O[C@H]2CCN3C(=O)OC[C@@H]3C2)c(-c2cnn(C(F)F)c2)cn1)c1ccc(Cl)cc1. The van der Waals surface area contributed by atoms with Gasteiger partial charge in [0.2, 0.25) is 0 Å². The van der Waals surface area contributed by atoms with E-state index in [9.17, 15) is 18.4 Å². The minimum atomic E-state index is -2.80. The molecule has 0 aliphatic carbocycles. The Balaban J connectivity index is 1.39. The highest BCUT2D eigenvalue weighted by Crippen LogP contribution is 2.34. The summed E-state index contributed by atoms with van der Waals surface area (Å²) in [6, 6.07) is 8.22. The minimum absolute atomic E-state index is 0.0962. The number of pyridine rings is 1. The van der Waals surface area contributed by atoms with Crippen LogP contribution in [-0.2, 0) is 4.74 Å². The number of rotatable bonds is 7. The molecule has 4 heterocycles. The summed E-state index contributed by atoms with van der Waals surface area (Å²) >= 11 is 5.95. The Morgan fingerprint density at radius 1 is 1.27 bits per heavy atom. The van der Waals surface area contributed by atoms with Crippen molar-refractivity contribution in [2.75, 3.05) is 13.2 Å². The smallest absolute Gasteiger partial charge is 0.410 e. The third kappa shape index (κ3) is 5.36. The zero-order valence-electron chi connectivity index (χ0n) is 19.8. The van der Waals surface area contributed by atoms with Gasteiger partial charge in [0.05, 0.1) is 18.3 Å². The fourth-order valence-corrected chi connectivity index (χ4v) is 4.64. The molecule has 1 aromatic carbocycles. The van der Waals surface area contributed by atoms with E-state index >= 15 is 0 Å². The van der Waals surface area contributed by atoms with Crippen LogP contribution in [-0.4, -0.2) is 57.0 Å². The topological polar surface area (TPSA) is 98.6 Å². The van der Waals surface area contributed by atoms with Crippen LogP contribution in [0.25, 0.3) is 11.1 Å². The molecule has 2 aliphatic rings. The predicted octanol–water partition coefficient (Wildman–Crippen LogP) is 4.85. The highest BCUT2D eigenvalue weighted by atomic mass is 35.5. The van der Waals surface area contributed by atoms with Gasteiger partial charge in [-0.15, -0.1) is 0 Å². The van der Waals surface area contributed by atoms with Crippen LogP contribution in [0.5, 0.6) is 5.75 Å². The Kier molecular flexibility index (Phi) is 6.96. The zero-order chi connectivity index (χ0) is 26.1. The van der Waals surface area contributed by atoms with Gasteiger partial charge in [-0.05, 0) is 24.6 Å². The molecule has 2 fully saturated rings. The maximum atomic E-state index is 13.1. The van der Waals surface area contributed by atoms with Crippen molar-refractivity contribution in [1.29, 1.82) is 0 Å². The van der Waals surface area contributed by atoms with E-state index in [0.29, 0.717) is 52.6 Å². The first-order valence-electron chi connectivity index (χ1n) is 11.8. The molecule has 37 heavy (non-hydrogen) atoms. The number of hydrogen-bond acceptors (Lipinski definition) is 6. The van der Waals surface area contributed by atoms with Gasteiger partial charge in [0.1, 0.15) is 24.2 Å². The summed E-state index contributed by atoms with van der Waals surface area (Å²) in [6.45, 7) is -0.192. The molecular formula is C25H24ClF2N5O4. The summed E-state index contributed by atoms with van der Waals surface area (Å²) in [7, 11) is 0. The Morgan fingerprint density at radius 2 is 2.05 bits per heavy atom. The quantitative estimate of drug-likeness (QED) is 0.468. The van der Waals surface area contributed by atoms with Crippen molar-refractivity contribution < 1.29 is 27.8 Å². The first-order valence-corrected chi connectivity index (χ1v) is 12.2. The normalized spacial score (nSPS) is 19.9. The van der Waals surface area contributed by atoms with E-state index in [0.717, 1.165) is 5.56 Å². The number of alkyl halides is 2. The number of halogens is 3. The van der Waals surface area contributed by atoms with Crippen LogP contribution < -0.4 is 10.1 Å². The van der Waals surface area contributed by atoms with Crippen LogP contribution in [0.3, 0.4) is 0 Å². The van der Waals surface area contributed by atoms with Gasteiger partial charge >= 0.3 is 12.6 Å². The third-order valence-corrected chi connectivity index (χ3v) is 6.78. The third-order valence-electron chi connectivity index (χ3n) is 6.52. The second-order valence-electron chi connectivity index (χ2n) is 8.99. The highest BCUT2D eigenvalue weighted by Gasteiger charge is 2.39. The Morgan fingerprint density at radius 3 is 2.78 bits per heavy atom. The average molecular weight is 532 g/mol. The molecule has 2 saturated heterocycles. The zero-order valence-corrected chi connectivity index (χ0v) is 20.6. The molecule has 0 radical (unpaired) electrons. The number of nitrogens with zero attached hydrogens (tertiary/aromatic N) is 4. The van der Waals surface area contributed by atoms with Gasteiger partial charge in [-0.25, -0.2) is 9.48 Å². The molecule has 9 nitrogen and oxygen atoms in total. The second-order valence-corrected chi connectivity index (χ2v) is 9.42. The highest BCUT2D eigenvalue weighted by molar-refractivity contribution is 6.30. The number of ether oxygens (including phenoxy) is 2. The van der Waals surface area contributed by atoms with Crippen molar-refractivity contribution in [3.05, 3.63) is 65.2 Å². The van der Waals surface area contributed by atoms with Crippen LogP contribution in [0, 0.1) is 0 Å². The fraction of sp³-hybridized carbons (Fsp3) is 0.360. The van der Waals surface area contributed by atoms with Crippen LogP contribution in [0.4, 0.5) is 13.6 Å². The van der Waals surface area contributed by atoms with Gasteiger partial charge in [0, 0.05) is 54.0 Å². The maximum Gasteiger partial charge on any atom is 0.410 e. The van der Waals surface area contributed by atoms with Crippen molar-refractivity contribution in [2.45, 2.75) is 44.5 Å². The Bertz CT molecular complexity index is 1300. The van der Waals surface area contributed by atoms with Crippen molar-refractivity contribution in [3.63, 3.8) is 0 Å². The van der Waals surface area contributed by atoms with Crippen LogP contribution in [0.15, 0.2) is 48.9 Å². The lowest BCUT2D eigenvalue weighted by molar-refractivity contribution is 0.0566. The Hall–Kier alpha value is -3.73. The lowest BCUT2D eigenvalue weighted by Gasteiger charge is -2.33. The van der Waals surface area contributed by atoms with Gasteiger partial charge < -0.3 is 19.7 Å². The summed E-state index contributed by atoms with van der Waals surface area (Å²) in [4.78, 5) is 30.8. The molecule has 3 atom stereocenters. The monoisotopic (exact) mass is 531 g/mol. The van der Waals surface area contributed by atoms with Crippen molar-refractivity contribution >= 4 is 23.6 Å². The number of carbonyl (C=O) groups excluding carboxylic acids is 2. The number of nitrogens with one attached hydrogen (secondary N) is 1. The van der Waals surface area contributed by atoms with Gasteiger partial charge in [-0.2, -0.15) is 13.9 Å². The lowest BCUT2D eigenvalue weighted by Crippen LogP contribution is -2.44. The summed E-state index contributed by atoms with van der Waals surface area (Å²) in [5, 5.41) is 7.20. The molecule has 194 valence electrons. The van der Waals surface area contributed by atoms with Crippen molar-refractivity contribution in [2.24, 2.45) is 0 Å². The molecule has 0 bridgehead atoms. The average Bonchev–Trinajstić information content (AvgIpc) is 3.52. The number of aromatic nitrogens is 3. The number of amides is 2. The van der Waals surface area contributed by atoms with Crippen molar-refractivity contribution in [3.8, 4) is 16.9 Å². The van der Waals surface area contributed by atoms with E-state index in [1.165, 1.54) is 24.7 Å². The molecular weight excluding hydrogens is 508 g/mol. The summed E-state index contributed by atoms with van der Waals surface area (Å²) < 4.78 is 38.2. The number of benzene rings is 1. The summed E-state index contributed by atoms with van der Waals surface area (Å²) in [5.74, 6) is -0.108. The molecule has 5 rings (SSSR count). The van der Waals surface area contributed by atoms with Gasteiger partial charge in [0.15, 0.2) is 0 Å². The summed E-state index contributed by atoms with van der Waals surface area (Å²) in [5.41, 5.74) is 1.78. The maximum absolute atomic E-state index is 13.1. The second kappa shape index (κ2) is 10.3. The summed E-state index contributed by atoms with van der Waals surface area (Å²) in [6.07, 6.45) is 4.40. The molecule has 3 aromatic rings. The number of hydrogen-bond donors (Lipinski definition) is 1. The number of piperidine rings is 1. The van der Waals surface area contributed by atoms with E-state index in [2.05, 4.69) is 15.4 Å². The predicted molar refractivity (Wildman–Crippen MR) is 130 cm³/mol. The van der Waals surface area contributed by atoms with E-state index in [4.69, 9.17) is 21.1 Å². The molecule has 12 heteroatoms. The van der Waals surface area contributed by atoms with Crippen LogP contribution >= 0.6 is 11.6 Å². The number of cyclic esters (lactones) is 1. The molecule has 0 saturated carbocycles. The fourth-order valence-electron chi connectivity index (χ4n) is 4.51. The van der Waals surface area contributed by atoms with Crippen LogP contribution in [0.1, 0.15) is 48.4 Å². The van der Waals surface area contributed by atoms with Crippen LogP contribution in [0.2, 0.25) is 5.02 Å². The molecule has 2 amide bonds. The van der Waals surface area contributed by atoms with E-state index in [-0.39, 0.29) is 30.0 Å². The standard InChI is InChI=1S/C25H24ClF2N5O4/c1-14(15-2-4-17(26)5-3-15)31-23(34)21-9-22(20(11-29-21)16-10-30-33(12-16)24(27)28)37-19-6-7-32-18(8-19)13-36-25(32)35/h2-5,9-12,14,18-19,24H,6-8,13H2,1H3,(H,31,34)/t14-,18-,19-/m0/s1. The lowest BCUT2D eigenvalue weighted by atomic mass is 10.0. The van der Waals surface area contributed by atoms with Crippen molar-refractivity contribution in [1.82, 2.24) is 25.0 Å². The molecule has 1 N–H and O–H groups in total. The van der Waals surface area contributed by atoms with E-state index in [1.807, 2.05) is 19.1 Å². The first kappa shape index (κ1) is 24.9. The van der Waals surface area contributed by atoms with Gasteiger partial charge in [-0.3, -0.25) is 9.78 Å². The van der Waals surface area contributed by atoms with E-state index in [1.54, 1.807) is 17.0 Å². The first-order chi connectivity index (χ1) is 17.8. The van der Waals surface area contributed by atoms with Gasteiger partial charge in [-0.1, -0.05) is 23.7 Å². The van der Waals surface area contributed by atoms with Gasteiger partial charge in [0.25, 0.3) is 5.91 Å². The largest absolute Gasteiger partial charge is 0.489 e.